The highest BCUT2D eigenvalue weighted by molar-refractivity contribution is 5.85. The SMILES string of the molecule is Nc1c(C=O)cnc(C(F)F)c1O. The number of carbonyl (C=O) groups excluding carboxylic acids is 1. The molecule has 0 aliphatic heterocycles. The molecule has 1 rings (SSSR count). The first-order valence-electron chi connectivity index (χ1n) is 3.28. The number of nitrogens with zero attached hydrogens (tertiary/aromatic N) is 1. The van der Waals surface area contributed by atoms with Gasteiger partial charge in [-0.15, -0.1) is 0 Å². The number of aldehydes is 1. The fraction of sp³-hybridized carbons (Fsp3) is 0.143. The van der Waals surface area contributed by atoms with Crippen molar-refractivity contribution in [3.05, 3.63) is 17.5 Å². The zero-order chi connectivity index (χ0) is 10.0. The van der Waals surface area contributed by atoms with Gasteiger partial charge in [-0.1, -0.05) is 0 Å². The molecule has 4 nitrogen and oxygen atoms in total. The minimum Gasteiger partial charge on any atom is -0.504 e. The Morgan fingerprint density at radius 2 is 2.23 bits per heavy atom. The molecule has 0 aliphatic rings. The third-order valence-corrected chi connectivity index (χ3v) is 1.49. The molecule has 0 fully saturated rings. The molecule has 3 N–H and O–H groups in total. The Morgan fingerprint density at radius 3 is 2.69 bits per heavy atom. The molecule has 0 aliphatic carbocycles. The first-order chi connectivity index (χ1) is 6.07. The van der Waals surface area contributed by atoms with Crippen LogP contribution in [0.1, 0.15) is 22.5 Å². The molecule has 0 amide bonds. The molecule has 0 saturated carbocycles. The summed E-state index contributed by atoms with van der Waals surface area (Å²) in [7, 11) is 0. The van der Waals surface area contributed by atoms with E-state index in [2.05, 4.69) is 4.98 Å². The molecule has 0 radical (unpaired) electrons. The summed E-state index contributed by atoms with van der Waals surface area (Å²) in [5, 5.41) is 9.05. The van der Waals surface area contributed by atoms with Crippen LogP contribution in [0.25, 0.3) is 0 Å². The maximum atomic E-state index is 12.1. The molecule has 6 heteroatoms. The number of anilines is 1. The summed E-state index contributed by atoms with van der Waals surface area (Å²) in [6.45, 7) is 0. The maximum Gasteiger partial charge on any atom is 0.284 e. The summed E-state index contributed by atoms with van der Waals surface area (Å²) in [6.07, 6.45) is -1.69. The monoisotopic (exact) mass is 188 g/mol. The van der Waals surface area contributed by atoms with Gasteiger partial charge in [0.15, 0.2) is 17.7 Å². The largest absolute Gasteiger partial charge is 0.504 e. The van der Waals surface area contributed by atoms with Gasteiger partial charge in [-0.25, -0.2) is 8.78 Å². The lowest BCUT2D eigenvalue weighted by Gasteiger charge is -2.05. The standard InChI is InChI=1S/C7H6F2N2O2/c8-7(9)5-6(13)4(10)3(2-12)1-11-5/h1-2,7,13H,(H2,10,11). The van der Waals surface area contributed by atoms with Crippen molar-refractivity contribution in [3.8, 4) is 5.75 Å². The van der Waals surface area contributed by atoms with Crippen molar-refractivity contribution >= 4 is 12.0 Å². The summed E-state index contributed by atoms with van der Waals surface area (Å²) in [6, 6.07) is 0. The van der Waals surface area contributed by atoms with Crippen molar-refractivity contribution in [2.24, 2.45) is 0 Å². The van der Waals surface area contributed by atoms with Gasteiger partial charge in [0.25, 0.3) is 6.43 Å². The third-order valence-electron chi connectivity index (χ3n) is 1.49. The summed E-state index contributed by atoms with van der Waals surface area (Å²) in [4.78, 5) is 13.4. The number of alkyl halides is 2. The van der Waals surface area contributed by atoms with Gasteiger partial charge in [0.1, 0.15) is 0 Å². The van der Waals surface area contributed by atoms with Crippen LogP contribution in [0.5, 0.6) is 5.75 Å². The normalized spacial score (nSPS) is 10.4. The summed E-state index contributed by atoms with van der Waals surface area (Å²) < 4.78 is 24.2. The minimum atomic E-state index is -2.91. The van der Waals surface area contributed by atoms with Crippen molar-refractivity contribution in [2.75, 3.05) is 5.73 Å². The predicted octanol–water partition coefficient (Wildman–Crippen LogP) is 1.12. The zero-order valence-corrected chi connectivity index (χ0v) is 6.37. The number of aromatic hydroxyl groups is 1. The Hall–Kier alpha value is -1.72. The van der Waals surface area contributed by atoms with Crippen LogP contribution >= 0.6 is 0 Å². The average Bonchev–Trinajstić information content (AvgIpc) is 2.09. The second-order valence-corrected chi connectivity index (χ2v) is 2.28. The van der Waals surface area contributed by atoms with E-state index in [0.717, 1.165) is 6.20 Å². The maximum absolute atomic E-state index is 12.1. The predicted molar refractivity (Wildman–Crippen MR) is 40.7 cm³/mol. The van der Waals surface area contributed by atoms with Crippen LogP contribution in [0.4, 0.5) is 14.5 Å². The molecule has 70 valence electrons. The Kier molecular flexibility index (Phi) is 2.41. The lowest BCUT2D eigenvalue weighted by atomic mass is 10.2. The highest BCUT2D eigenvalue weighted by Gasteiger charge is 2.18. The smallest absolute Gasteiger partial charge is 0.284 e. The zero-order valence-electron chi connectivity index (χ0n) is 6.37. The van der Waals surface area contributed by atoms with E-state index in [0.29, 0.717) is 6.29 Å². The fourth-order valence-electron chi connectivity index (χ4n) is 0.798. The number of hydrogen-bond acceptors (Lipinski definition) is 4. The third kappa shape index (κ3) is 1.56. The van der Waals surface area contributed by atoms with Crippen molar-refractivity contribution in [2.45, 2.75) is 6.43 Å². The number of nitrogens with two attached hydrogens (primary N) is 1. The van der Waals surface area contributed by atoms with Gasteiger partial charge in [0.05, 0.1) is 11.3 Å². The lowest BCUT2D eigenvalue weighted by Crippen LogP contribution is -2.00. The number of aromatic nitrogens is 1. The van der Waals surface area contributed by atoms with Gasteiger partial charge in [0.2, 0.25) is 0 Å². The summed E-state index contributed by atoms with van der Waals surface area (Å²) in [5.74, 6) is -0.834. The topological polar surface area (TPSA) is 76.2 Å². The highest BCUT2D eigenvalue weighted by atomic mass is 19.3. The Labute approximate surface area is 72.0 Å². The van der Waals surface area contributed by atoms with Crippen LogP contribution in [-0.2, 0) is 0 Å². The molecule has 0 aromatic carbocycles. The van der Waals surface area contributed by atoms with E-state index in [4.69, 9.17) is 10.8 Å². The lowest BCUT2D eigenvalue weighted by molar-refractivity contribution is 0.112. The summed E-state index contributed by atoms with van der Waals surface area (Å²) >= 11 is 0. The molecule has 0 saturated heterocycles. The van der Waals surface area contributed by atoms with Crippen molar-refractivity contribution < 1.29 is 18.7 Å². The van der Waals surface area contributed by atoms with E-state index < -0.39 is 17.9 Å². The quantitative estimate of drug-likeness (QED) is 0.682. The molecular weight excluding hydrogens is 182 g/mol. The van der Waals surface area contributed by atoms with E-state index in [9.17, 15) is 13.6 Å². The Bertz CT molecular complexity index is 342. The Balaban J connectivity index is 3.31. The summed E-state index contributed by atoms with van der Waals surface area (Å²) in [5.41, 5.74) is 3.88. The van der Waals surface area contributed by atoms with Gasteiger partial charge in [-0.3, -0.25) is 9.78 Å². The number of pyridine rings is 1. The highest BCUT2D eigenvalue weighted by Crippen LogP contribution is 2.32. The van der Waals surface area contributed by atoms with Gasteiger partial charge in [0, 0.05) is 6.20 Å². The minimum absolute atomic E-state index is 0.109. The van der Waals surface area contributed by atoms with Gasteiger partial charge < -0.3 is 10.8 Å². The van der Waals surface area contributed by atoms with Crippen molar-refractivity contribution in [3.63, 3.8) is 0 Å². The number of rotatable bonds is 2. The number of hydrogen-bond donors (Lipinski definition) is 2. The molecule has 1 aromatic heterocycles. The number of halogens is 2. The Morgan fingerprint density at radius 1 is 1.62 bits per heavy atom. The molecule has 0 bridgehead atoms. The molecule has 1 aromatic rings. The van der Waals surface area contributed by atoms with Crippen LogP contribution in [0.2, 0.25) is 0 Å². The van der Waals surface area contributed by atoms with E-state index in [1.165, 1.54) is 0 Å². The molecule has 0 spiro atoms. The van der Waals surface area contributed by atoms with Gasteiger partial charge >= 0.3 is 0 Å². The van der Waals surface area contributed by atoms with E-state index in [1.807, 2.05) is 0 Å². The first-order valence-corrected chi connectivity index (χ1v) is 3.28. The van der Waals surface area contributed by atoms with Crippen LogP contribution in [0.3, 0.4) is 0 Å². The van der Waals surface area contributed by atoms with Crippen molar-refractivity contribution in [1.29, 1.82) is 0 Å². The first kappa shape index (κ1) is 9.37. The molecule has 1 heterocycles. The van der Waals surface area contributed by atoms with Crippen LogP contribution in [0, 0.1) is 0 Å². The average molecular weight is 188 g/mol. The molecule has 13 heavy (non-hydrogen) atoms. The molecule has 0 unspecified atom stereocenters. The van der Waals surface area contributed by atoms with Crippen LogP contribution in [0.15, 0.2) is 6.20 Å². The van der Waals surface area contributed by atoms with E-state index in [1.54, 1.807) is 0 Å². The number of carbonyl (C=O) groups is 1. The molecular formula is C7H6F2N2O2. The molecule has 0 atom stereocenters. The van der Waals surface area contributed by atoms with Gasteiger partial charge in [-0.2, -0.15) is 0 Å². The second kappa shape index (κ2) is 3.34. The van der Waals surface area contributed by atoms with Crippen molar-refractivity contribution in [1.82, 2.24) is 4.98 Å². The van der Waals surface area contributed by atoms with Crippen LogP contribution < -0.4 is 5.73 Å². The van der Waals surface area contributed by atoms with Gasteiger partial charge in [-0.05, 0) is 0 Å². The second-order valence-electron chi connectivity index (χ2n) is 2.28. The van der Waals surface area contributed by atoms with E-state index in [-0.39, 0.29) is 11.3 Å². The fourth-order valence-corrected chi connectivity index (χ4v) is 0.798. The number of nitrogen functional groups attached to an aromatic ring is 1. The van der Waals surface area contributed by atoms with Crippen LogP contribution in [-0.4, -0.2) is 16.4 Å². The van der Waals surface area contributed by atoms with E-state index >= 15 is 0 Å².